The second-order valence-electron chi connectivity index (χ2n) is 6.08. The lowest BCUT2D eigenvalue weighted by molar-refractivity contribution is -0.115. The van der Waals surface area contributed by atoms with Gasteiger partial charge in [0.15, 0.2) is 14.1 Å². The average molecular weight is 251 g/mol. The van der Waals surface area contributed by atoms with Crippen molar-refractivity contribution in [3.05, 3.63) is 11.6 Å². The first-order valence-corrected chi connectivity index (χ1v) is 8.90. The predicted octanol–water partition coefficient (Wildman–Crippen LogP) is 3.19. The molecule has 0 heterocycles. The van der Waals surface area contributed by atoms with Gasteiger partial charge in [0.25, 0.3) is 0 Å². The number of rotatable bonds is 2. The van der Waals surface area contributed by atoms with E-state index < -0.39 is 8.32 Å². The summed E-state index contributed by atoms with van der Waals surface area (Å²) in [7, 11) is -1.88. The molecule has 0 spiro atoms. The van der Waals surface area contributed by atoms with Crippen LogP contribution < -0.4 is 0 Å². The molecule has 0 aromatic carbocycles. The van der Waals surface area contributed by atoms with Gasteiger partial charge in [-0.2, -0.15) is 5.26 Å². The van der Waals surface area contributed by atoms with Gasteiger partial charge in [-0.15, -0.1) is 0 Å². The lowest BCUT2D eigenvalue weighted by atomic mass is 9.97. The zero-order valence-corrected chi connectivity index (χ0v) is 12.3. The fraction of sp³-hybridized carbons (Fsp3) is 0.692. The minimum Gasteiger partial charge on any atom is -0.409 e. The van der Waals surface area contributed by atoms with Gasteiger partial charge in [-0.1, -0.05) is 20.8 Å². The molecular formula is C13H21NO2Si. The number of carbonyl (C=O) groups excluding carboxylic acids is 1. The molecule has 94 valence electrons. The molecule has 0 unspecified atom stereocenters. The van der Waals surface area contributed by atoms with Gasteiger partial charge in [0, 0.05) is 6.42 Å². The Balaban J connectivity index is 2.87. The lowest BCUT2D eigenvalue weighted by Crippen LogP contribution is -2.45. The van der Waals surface area contributed by atoms with Crippen molar-refractivity contribution in [2.45, 2.75) is 57.8 Å². The molecule has 0 aliphatic heterocycles. The Morgan fingerprint density at radius 1 is 1.47 bits per heavy atom. The Labute approximate surface area is 105 Å². The first-order valence-electron chi connectivity index (χ1n) is 6.00. The number of ketones is 1. The Bertz CT molecular complexity index is 385. The highest BCUT2D eigenvalue weighted by molar-refractivity contribution is 6.74. The summed E-state index contributed by atoms with van der Waals surface area (Å²) >= 11 is 0. The maximum absolute atomic E-state index is 11.3. The average Bonchev–Trinajstić information content (AvgIpc) is 2.18. The van der Waals surface area contributed by atoms with Crippen LogP contribution in [0.15, 0.2) is 11.6 Å². The van der Waals surface area contributed by atoms with E-state index in [1.54, 1.807) is 0 Å². The quantitative estimate of drug-likeness (QED) is 0.708. The number of nitrogens with zero attached hydrogens (tertiary/aromatic N) is 1. The van der Waals surface area contributed by atoms with Gasteiger partial charge in [0.2, 0.25) is 0 Å². The van der Waals surface area contributed by atoms with Crippen LogP contribution in [0.25, 0.3) is 0 Å². The van der Waals surface area contributed by atoms with Gasteiger partial charge >= 0.3 is 0 Å². The van der Waals surface area contributed by atoms with Crippen molar-refractivity contribution >= 4 is 14.1 Å². The van der Waals surface area contributed by atoms with E-state index in [0.717, 1.165) is 0 Å². The number of hydrogen-bond acceptors (Lipinski definition) is 3. The van der Waals surface area contributed by atoms with Crippen molar-refractivity contribution in [1.29, 1.82) is 5.26 Å². The number of allylic oxidation sites excluding steroid dienone is 1. The van der Waals surface area contributed by atoms with Crippen molar-refractivity contribution in [3.8, 4) is 6.07 Å². The highest BCUT2D eigenvalue weighted by atomic mass is 28.4. The van der Waals surface area contributed by atoms with Crippen LogP contribution in [0.1, 0.15) is 33.6 Å². The Hall–Kier alpha value is -0.923. The van der Waals surface area contributed by atoms with E-state index in [9.17, 15) is 4.79 Å². The summed E-state index contributed by atoms with van der Waals surface area (Å²) < 4.78 is 6.19. The van der Waals surface area contributed by atoms with Crippen molar-refractivity contribution < 1.29 is 9.22 Å². The van der Waals surface area contributed by atoms with Crippen LogP contribution in [0.5, 0.6) is 0 Å². The third-order valence-electron chi connectivity index (χ3n) is 3.69. The standard InChI is InChI=1S/C13H21NO2Si/c1-13(2,3)17(4,5)16-12-7-6-11(15)8-10(12)9-14/h8,12H,6-7H2,1-5H3/t12-/m1/s1. The summed E-state index contributed by atoms with van der Waals surface area (Å²) in [5.41, 5.74) is 0.492. The summed E-state index contributed by atoms with van der Waals surface area (Å²) in [4.78, 5) is 11.3. The number of nitriles is 1. The Morgan fingerprint density at radius 3 is 2.53 bits per heavy atom. The summed E-state index contributed by atoms with van der Waals surface area (Å²) in [5.74, 6) is 0.0385. The minimum atomic E-state index is -1.88. The second-order valence-corrected chi connectivity index (χ2v) is 10.8. The monoisotopic (exact) mass is 251 g/mol. The van der Waals surface area contributed by atoms with Crippen LogP contribution in [0, 0.1) is 11.3 Å². The molecule has 17 heavy (non-hydrogen) atoms. The highest BCUT2D eigenvalue weighted by Gasteiger charge is 2.40. The maximum atomic E-state index is 11.3. The Kier molecular flexibility index (Phi) is 3.95. The molecule has 1 atom stereocenters. The molecule has 0 aromatic heterocycles. The van der Waals surface area contributed by atoms with Crippen LogP contribution >= 0.6 is 0 Å². The third-order valence-corrected chi connectivity index (χ3v) is 8.17. The van der Waals surface area contributed by atoms with E-state index in [0.29, 0.717) is 18.4 Å². The van der Waals surface area contributed by atoms with E-state index in [-0.39, 0.29) is 16.9 Å². The number of hydrogen-bond donors (Lipinski definition) is 0. The van der Waals surface area contributed by atoms with Crippen molar-refractivity contribution in [1.82, 2.24) is 0 Å². The normalized spacial score (nSPS) is 22.0. The first-order chi connectivity index (χ1) is 7.67. The van der Waals surface area contributed by atoms with Crippen LogP contribution in [0.3, 0.4) is 0 Å². The molecule has 0 fully saturated rings. The highest BCUT2D eigenvalue weighted by Crippen LogP contribution is 2.39. The predicted molar refractivity (Wildman–Crippen MR) is 70.0 cm³/mol. The fourth-order valence-corrected chi connectivity index (χ4v) is 2.84. The maximum Gasteiger partial charge on any atom is 0.192 e. The van der Waals surface area contributed by atoms with Gasteiger partial charge in [-0.3, -0.25) is 4.79 Å². The molecule has 1 rings (SSSR count). The summed E-state index contributed by atoms with van der Waals surface area (Å²) in [6, 6.07) is 2.10. The van der Waals surface area contributed by atoms with Crippen LogP contribution in [-0.2, 0) is 9.22 Å². The fourth-order valence-electron chi connectivity index (χ4n) is 1.53. The number of carbonyl (C=O) groups is 1. The molecule has 0 N–H and O–H groups in total. The minimum absolute atomic E-state index is 0.0385. The molecular weight excluding hydrogens is 230 g/mol. The summed E-state index contributed by atoms with van der Waals surface area (Å²) in [6.45, 7) is 10.8. The van der Waals surface area contributed by atoms with E-state index in [2.05, 4.69) is 39.9 Å². The third kappa shape index (κ3) is 3.27. The van der Waals surface area contributed by atoms with Gasteiger partial charge in [0.05, 0.1) is 17.7 Å². The lowest BCUT2D eigenvalue weighted by Gasteiger charge is -2.39. The molecule has 3 nitrogen and oxygen atoms in total. The topological polar surface area (TPSA) is 50.1 Å². The molecule has 0 amide bonds. The zero-order chi connectivity index (χ0) is 13.3. The zero-order valence-electron chi connectivity index (χ0n) is 11.3. The summed E-state index contributed by atoms with van der Waals surface area (Å²) in [5, 5.41) is 9.16. The van der Waals surface area contributed by atoms with Crippen LogP contribution in [0.4, 0.5) is 0 Å². The van der Waals surface area contributed by atoms with Crippen molar-refractivity contribution in [2.24, 2.45) is 0 Å². The molecule has 0 radical (unpaired) electrons. The summed E-state index contributed by atoms with van der Waals surface area (Å²) in [6.07, 6.45) is 2.40. The van der Waals surface area contributed by atoms with Gasteiger partial charge in [-0.05, 0) is 30.6 Å². The van der Waals surface area contributed by atoms with E-state index in [1.165, 1.54) is 6.08 Å². The molecule has 0 bridgehead atoms. The SMILES string of the molecule is CC(C)(C)[Si](C)(C)O[C@@H]1CCC(=O)C=C1C#N. The Morgan fingerprint density at radius 2 is 2.06 bits per heavy atom. The molecule has 1 aliphatic rings. The first kappa shape index (κ1) is 14.1. The van der Waals surface area contributed by atoms with E-state index >= 15 is 0 Å². The molecule has 0 saturated heterocycles. The molecule has 0 aromatic rings. The van der Waals surface area contributed by atoms with E-state index in [4.69, 9.17) is 9.69 Å². The molecule has 4 heteroatoms. The van der Waals surface area contributed by atoms with Crippen LogP contribution in [0.2, 0.25) is 18.1 Å². The van der Waals surface area contributed by atoms with Crippen molar-refractivity contribution in [2.75, 3.05) is 0 Å². The van der Waals surface area contributed by atoms with E-state index in [1.807, 2.05) is 0 Å². The van der Waals surface area contributed by atoms with Gasteiger partial charge < -0.3 is 4.43 Å². The van der Waals surface area contributed by atoms with Crippen LogP contribution in [-0.4, -0.2) is 20.2 Å². The largest absolute Gasteiger partial charge is 0.409 e. The van der Waals surface area contributed by atoms with Gasteiger partial charge in [-0.25, -0.2) is 0 Å². The molecule has 0 saturated carbocycles. The van der Waals surface area contributed by atoms with Gasteiger partial charge in [0.1, 0.15) is 0 Å². The smallest absolute Gasteiger partial charge is 0.192 e. The molecule has 1 aliphatic carbocycles. The second kappa shape index (κ2) is 4.75. The van der Waals surface area contributed by atoms with Crippen molar-refractivity contribution in [3.63, 3.8) is 0 Å².